The van der Waals surface area contributed by atoms with Gasteiger partial charge in [0.1, 0.15) is 0 Å². The van der Waals surface area contributed by atoms with Crippen LogP contribution in [0.25, 0.3) is 0 Å². The summed E-state index contributed by atoms with van der Waals surface area (Å²) < 4.78 is 0. The highest BCUT2D eigenvalue weighted by atomic mass is 35.5. The van der Waals surface area contributed by atoms with Crippen LogP contribution in [0, 0.1) is 17.8 Å². The van der Waals surface area contributed by atoms with Gasteiger partial charge in [-0.2, -0.15) is 0 Å². The zero-order chi connectivity index (χ0) is 17.6. The maximum absolute atomic E-state index is 12.6. The van der Waals surface area contributed by atoms with Gasteiger partial charge in [-0.25, -0.2) is 0 Å². The summed E-state index contributed by atoms with van der Waals surface area (Å²) in [5, 5.41) is 3.40. The van der Waals surface area contributed by atoms with E-state index in [2.05, 4.69) is 22.0 Å². The molecular formula is C20H36ClN3O2. The van der Waals surface area contributed by atoms with Crippen molar-refractivity contribution in [2.75, 3.05) is 39.3 Å². The van der Waals surface area contributed by atoms with Crippen molar-refractivity contribution in [1.29, 1.82) is 0 Å². The molecule has 3 rings (SSSR count). The van der Waals surface area contributed by atoms with E-state index in [-0.39, 0.29) is 12.4 Å². The van der Waals surface area contributed by atoms with Gasteiger partial charge in [0, 0.05) is 39.0 Å². The second kappa shape index (κ2) is 10.5. The molecular weight excluding hydrogens is 350 g/mol. The van der Waals surface area contributed by atoms with Crippen LogP contribution in [0.5, 0.6) is 0 Å². The van der Waals surface area contributed by atoms with Crippen LogP contribution in [0.1, 0.15) is 58.3 Å². The Morgan fingerprint density at radius 1 is 1.12 bits per heavy atom. The molecule has 0 saturated carbocycles. The third-order valence-corrected chi connectivity index (χ3v) is 6.55. The normalized spacial score (nSPS) is 24.3. The Morgan fingerprint density at radius 3 is 2.46 bits per heavy atom. The van der Waals surface area contributed by atoms with E-state index >= 15 is 0 Å². The first-order valence-corrected chi connectivity index (χ1v) is 10.4. The number of carbonyl (C=O) groups is 2. The zero-order valence-corrected chi connectivity index (χ0v) is 17.1. The van der Waals surface area contributed by atoms with Crippen molar-refractivity contribution in [3.05, 3.63) is 0 Å². The summed E-state index contributed by atoms with van der Waals surface area (Å²) in [4.78, 5) is 28.8. The van der Waals surface area contributed by atoms with Crippen molar-refractivity contribution in [1.82, 2.24) is 15.1 Å². The number of likely N-dealkylation sites (tertiary alicyclic amines) is 2. The van der Waals surface area contributed by atoms with E-state index in [1.807, 2.05) is 0 Å². The largest absolute Gasteiger partial charge is 0.343 e. The van der Waals surface area contributed by atoms with E-state index in [4.69, 9.17) is 0 Å². The Morgan fingerprint density at radius 2 is 1.81 bits per heavy atom. The molecule has 0 aromatic rings. The lowest BCUT2D eigenvalue weighted by molar-refractivity contribution is -0.136. The third kappa shape index (κ3) is 5.85. The topological polar surface area (TPSA) is 52.7 Å². The number of nitrogens with one attached hydrogen (secondary N) is 1. The maximum atomic E-state index is 12.6. The molecule has 3 aliphatic heterocycles. The number of halogens is 1. The molecule has 0 aliphatic carbocycles. The van der Waals surface area contributed by atoms with Gasteiger partial charge in [-0.05, 0) is 69.4 Å². The van der Waals surface area contributed by atoms with Crippen molar-refractivity contribution in [3.63, 3.8) is 0 Å². The van der Waals surface area contributed by atoms with Crippen molar-refractivity contribution in [2.45, 2.75) is 58.3 Å². The van der Waals surface area contributed by atoms with Crippen LogP contribution in [-0.2, 0) is 9.59 Å². The van der Waals surface area contributed by atoms with Crippen molar-refractivity contribution < 1.29 is 9.59 Å². The second-order valence-corrected chi connectivity index (χ2v) is 8.39. The summed E-state index contributed by atoms with van der Waals surface area (Å²) in [6, 6.07) is 0. The van der Waals surface area contributed by atoms with Crippen LogP contribution in [-0.4, -0.2) is 60.9 Å². The number of piperidine rings is 3. The number of carbonyl (C=O) groups excluding carboxylic acids is 2. The highest BCUT2D eigenvalue weighted by Crippen LogP contribution is 2.26. The predicted molar refractivity (Wildman–Crippen MR) is 106 cm³/mol. The van der Waals surface area contributed by atoms with Crippen LogP contribution >= 0.6 is 12.4 Å². The van der Waals surface area contributed by atoms with Gasteiger partial charge in [-0.3, -0.25) is 9.59 Å². The van der Waals surface area contributed by atoms with E-state index < -0.39 is 0 Å². The quantitative estimate of drug-likeness (QED) is 0.791. The fourth-order valence-corrected chi connectivity index (χ4v) is 4.72. The van der Waals surface area contributed by atoms with Gasteiger partial charge in [0.05, 0.1) is 0 Å². The van der Waals surface area contributed by atoms with Gasteiger partial charge in [0.25, 0.3) is 0 Å². The molecule has 2 amide bonds. The minimum atomic E-state index is 0. The molecule has 0 aromatic heterocycles. The molecule has 26 heavy (non-hydrogen) atoms. The summed E-state index contributed by atoms with van der Waals surface area (Å²) in [6.45, 7) is 8.06. The molecule has 3 heterocycles. The number of hydrogen-bond acceptors (Lipinski definition) is 3. The minimum absolute atomic E-state index is 0. The highest BCUT2D eigenvalue weighted by Gasteiger charge is 2.29. The van der Waals surface area contributed by atoms with Gasteiger partial charge < -0.3 is 15.1 Å². The highest BCUT2D eigenvalue weighted by molar-refractivity contribution is 5.85. The Hall–Kier alpha value is -0.810. The molecule has 0 bridgehead atoms. The summed E-state index contributed by atoms with van der Waals surface area (Å²) in [5.74, 6) is 2.46. The van der Waals surface area contributed by atoms with Gasteiger partial charge in [-0.1, -0.05) is 6.92 Å². The average Bonchev–Trinajstić information content (AvgIpc) is 2.65. The van der Waals surface area contributed by atoms with Gasteiger partial charge in [0.2, 0.25) is 11.8 Å². The molecule has 1 unspecified atom stereocenters. The fraction of sp³-hybridized carbons (Fsp3) is 0.900. The Bertz CT molecular complexity index is 460. The molecule has 3 saturated heterocycles. The number of amides is 2. The predicted octanol–water partition coefficient (Wildman–Crippen LogP) is 2.69. The lowest BCUT2D eigenvalue weighted by Gasteiger charge is -2.37. The smallest absolute Gasteiger partial charge is 0.222 e. The molecule has 6 heteroatoms. The van der Waals surface area contributed by atoms with E-state index in [1.54, 1.807) is 0 Å². The molecule has 3 aliphatic rings. The van der Waals surface area contributed by atoms with Crippen molar-refractivity contribution >= 4 is 24.2 Å². The van der Waals surface area contributed by atoms with E-state index in [0.29, 0.717) is 36.0 Å². The number of rotatable bonds is 5. The summed E-state index contributed by atoms with van der Waals surface area (Å²) in [6.07, 6.45) is 8.16. The van der Waals surface area contributed by atoms with Gasteiger partial charge in [0.15, 0.2) is 0 Å². The molecule has 150 valence electrons. The minimum Gasteiger partial charge on any atom is -0.343 e. The Labute approximate surface area is 164 Å². The molecule has 1 N–H and O–H groups in total. The van der Waals surface area contributed by atoms with Crippen LogP contribution < -0.4 is 5.32 Å². The average molecular weight is 386 g/mol. The zero-order valence-electron chi connectivity index (χ0n) is 16.3. The van der Waals surface area contributed by atoms with E-state index in [0.717, 1.165) is 71.4 Å². The first-order valence-electron chi connectivity index (χ1n) is 10.4. The summed E-state index contributed by atoms with van der Waals surface area (Å²) >= 11 is 0. The molecule has 3 fully saturated rings. The third-order valence-electron chi connectivity index (χ3n) is 6.55. The fourth-order valence-electron chi connectivity index (χ4n) is 4.72. The van der Waals surface area contributed by atoms with E-state index in [1.165, 1.54) is 12.8 Å². The van der Waals surface area contributed by atoms with Crippen LogP contribution in [0.2, 0.25) is 0 Å². The van der Waals surface area contributed by atoms with Gasteiger partial charge >= 0.3 is 0 Å². The lowest BCUT2D eigenvalue weighted by Crippen LogP contribution is -2.44. The van der Waals surface area contributed by atoms with Crippen LogP contribution in [0.4, 0.5) is 0 Å². The first kappa shape index (κ1) is 21.5. The monoisotopic (exact) mass is 385 g/mol. The standard InChI is InChI=1S/C20H35N3O2.ClH/c1-16(18-5-9-21-10-6-18)14-20(25)22-12-7-17(8-13-22)15-23-11-3-2-4-19(23)24;/h16-18,21H,2-15H2,1H3;1H. The molecule has 0 spiro atoms. The van der Waals surface area contributed by atoms with E-state index in [9.17, 15) is 9.59 Å². The molecule has 1 atom stereocenters. The second-order valence-electron chi connectivity index (χ2n) is 8.39. The number of hydrogen-bond donors (Lipinski definition) is 1. The first-order chi connectivity index (χ1) is 12.1. The number of nitrogens with zero attached hydrogens (tertiary/aromatic N) is 2. The molecule has 5 nitrogen and oxygen atoms in total. The Balaban J connectivity index is 0.00000243. The van der Waals surface area contributed by atoms with Gasteiger partial charge in [-0.15, -0.1) is 12.4 Å². The SMILES string of the molecule is CC(CC(=O)N1CCC(CN2CCCCC2=O)CC1)C1CCNCC1.Cl. The maximum Gasteiger partial charge on any atom is 0.222 e. The summed E-state index contributed by atoms with van der Waals surface area (Å²) in [5.41, 5.74) is 0. The van der Waals surface area contributed by atoms with Crippen LogP contribution in [0.3, 0.4) is 0 Å². The molecule has 0 radical (unpaired) electrons. The Kier molecular flexibility index (Phi) is 8.68. The van der Waals surface area contributed by atoms with Crippen molar-refractivity contribution in [2.24, 2.45) is 17.8 Å². The van der Waals surface area contributed by atoms with Crippen LogP contribution in [0.15, 0.2) is 0 Å². The lowest BCUT2D eigenvalue weighted by atomic mass is 9.83. The van der Waals surface area contributed by atoms with Crippen molar-refractivity contribution in [3.8, 4) is 0 Å². The molecule has 0 aromatic carbocycles. The summed E-state index contributed by atoms with van der Waals surface area (Å²) in [7, 11) is 0.